The fourth-order valence-electron chi connectivity index (χ4n) is 2.11. The molecule has 114 valence electrons. The lowest BCUT2D eigenvalue weighted by atomic mass is 10.2. The van der Waals surface area contributed by atoms with Crippen LogP contribution in [-0.2, 0) is 23.0 Å². The number of nitrogens with zero attached hydrogens (tertiary/aromatic N) is 2. The van der Waals surface area contributed by atoms with Crippen molar-refractivity contribution in [1.82, 2.24) is 14.3 Å². The van der Waals surface area contributed by atoms with E-state index in [2.05, 4.69) is 26.4 Å². The van der Waals surface area contributed by atoms with Crippen molar-refractivity contribution in [3.63, 3.8) is 0 Å². The topological polar surface area (TPSA) is 64.0 Å². The lowest BCUT2D eigenvalue weighted by molar-refractivity contribution is 0.580. The third-order valence-electron chi connectivity index (χ3n) is 3.37. The summed E-state index contributed by atoms with van der Waals surface area (Å²) >= 11 is 0. The summed E-state index contributed by atoms with van der Waals surface area (Å²) in [5.74, 6) is 1.000. The van der Waals surface area contributed by atoms with Crippen molar-refractivity contribution < 1.29 is 8.42 Å². The molecule has 6 heteroatoms. The van der Waals surface area contributed by atoms with Crippen LogP contribution in [0.15, 0.2) is 36.5 Å². The molecule has 0 aliphatic carbocycles. The second-order valence-electron chi connectivity index (χ2n) is 4.94. The maximum Gasteiger partial charge on any atom is 0.211 e. The van der Waals surface area contributed by atoms with Crippen LogP contribution < -0.4 is 4.72 Å². The van der Waals surface area contributed by atoms with Crippen LogP contribution in [0.4, 0.5) is 0 Å². The molecule has 1 aromatic heterocycles. The van der Waals surface area contributed by atoms with E-state index in [9.17, 15) is 8.42 Å². The molecule has 0 atom stereocenters. The summed E-state index contributed by atoms with van der Waals surface area (Å²) < 4.78 is 27.6. The average Bonchev–Trinajstić information content (AvgIpc) is 2.81. The molecule has 0 unspecified atom stereocenters. The second-order valence-corrected chi connectivity index (χ2v) is 7.03. The third-order valence-corrected chi connectivity index (χ3v) is 4.78. The fourth-order valence-corrected chi connectivity index (χ4v) is 2.73. The molecular weight excluding hydrogens is 286 g/mol. The predicted molar refractivity (Wildman–Crippen MR) is 83.7 cm³/mol. The first kappa shape index (κ1) is 15.7. The highest BCUT2D eigenvalue weighted by Gasteiger charge is 2.10. The molecule has 0 radical (unpaired) electrons. The normalized spacial score (nSPS) is 11.7. The number of imidazole rings is 1. The number of sulfonamides is 1. The summed E-state index contributed by atoms with van der Waals surface area (Å²) in [7, 11) is -3.14. The molecule has 0 aliphatic rings. The van der Waals surface area contributed by atoms with E-state index in [1.54, 1.807) is 6.92 Å². The molecule has 2 aromatic rings. The van der Waals surface area contributed by atoms with Gasteiger partial charge in [0, 0.05) is 31.4 Å². The smallest absolute Gasteiger partial charge is 0.211 e. The quantitative estimate of drug-likeness (QED) is 0.847. The number of aryl methyl sites for hydroxylation is 1. The van der Waals surface area contributed by atoms with Crippen molar-refractivity contribution in [2.24, 2.45) is 0 Å². The molecular formula is C15H21N3O2S. The Morgan fingerprint density at radius 1 is 1.24 bits per heavy atom. The number of benzene rings is 1. The molecule has 5 nitrogen and oxygen atoms in total. The third kappa shape index (κ3) is 4.41. The summed E-state index contributed by atoms with van der Waals surface area (Å²) in [5.41, 5.74) is 2.28. The Morgan fingerprint density at radius 3 is 2.62 bits per heavy atom. The highest BCUT2D eigenvalue weighted by Crippen LogP contribution is 2.10. The van der Waals surface area contributed by atoms with Gasteiger partial charge in [-0.15, -0.1) is 0 Å². The number of hydrogen-bond donors (Lipinski definition) is 1. The van der Waals surface area contributed by atoms with Crippen molar-refractivity contribution in [1.29, 1.82) is 0 Å². The van der Waals surface area contributed by atoms with Crippen LogP contribution in [0.3, 0.4) is 0 Å². The van der Waals surface area contributed by atoms with Crippen molar-refractivity contribution in [3.8, 4) is 0 Å². The molecule has 0 saturated heterocycles. The van der Waals surface area contributed by atoms with Gasteiger partial charge in [0.1, 0.15) is 5.82 Å². The van der Waals surface area contributed by atoms with E-state index in [-0.39, 0.29) is 5.75 Å². The zero-order valence-electron chi connectivity index (χ0n) is 12.4. The maximum atomic E-state index is 11.4. The van der Waals surface area contributed by atoms with Crippen LogP contribution in [0.5, 0.6) is 0 Å². The Hall–Kier alpha value is -1.66. The minimum Gasteiger partial charge on any atom is -0.328 e. The van der Waals surface area contributed by atoms with Crippen LogP contribution in [0.2, 0.25) is 0 Å². The first-order chi connectivity index (χ1) is 10.0. The van der Waals surface area contributed by atoms with Gasteiger partial charge in [-0.2, -0.15) is 0 Å². The first-order valence-electron chi connectivity index (χ1n) is 7.04. The summed E-state index contributed by atoms with van der Waals surface area (Å²) in [6, 6.07) is 10.2. The fraction of sp³-hybridized carbons (Fsp3) is 0.400. The van der Waals surface area contributed by atoms with Gasteiger partial charge in [-0.1, -0.05) is 30.3 Å². The molecule has 21 heavy (non-hydrogen) atoms. The van der Waals surface area contributed by atoms with E-state index in [1.165, 1.54) is 5.56 Å². The number of rotatable bonds is 7. The van der Waals surface area contributed by atoms with Crippen LogP contribution in [-0.4, -0.2) is 30.3 Å². The van der Waals surface area contributed by atoms with E-state index in [0.29, 0.717) is 13.0 Å². The van der Waals surface area contributed by atoms with Gasteiger partial charge in [-0.3, -0.25) is 0 Å². The SMILES string of the molecule is CCS(=O)(=O)NCCc1ncc(C)n1Cc1ccccc1. The molecule has 0 aliphatic heterocycles. The van der Waals surface area contributed by atoms with Crippen molar-refractivity contribution in [2.75, 3.05) is 12.3 Å². The van der Waals surface area contributed by atoms with E-state index in [4.69, 9.17) is 0 Å². The van der Waals surface area contributed by atoms with Gasteiger partial charge >= 0.3 is 0 Å². The van der Waals surface area contributed by atoms with Gasteiger partial charge in [-0.25, -0.2) is 18.1 Å². The summed E-state index contributed by atoms with van der Waals surface area (Å²) in [4.78, 5) is 4.39. The molecule has 1 aromatic carbocycles. The van der Waals surface area contributed by atoms with Gasteiger partial charge in [0.05, 0.1) is 5.75 Å². The van der Waals surface area contributed by atoms with E-state index in [0.717, 1.165) is 18.1 Å². The Morgan fingerprint density at radius 2 is 1.95 bits per heavy atom. The van der Waals surface area contributed by atoms with Crippen LogP contribution in [0, 0.1) is 6.92 Å². The molecule has 0 fully saturated rings. The minimum atomic E-state index is -3.14. The first-order valence-corrected chi connectivity index (χ1v) is 8.69. The standard InChI is InChI=1S/C15H21N3O2S/c1-3-21(19,20)17-10-9-15-16-11-13(2)18(15)12-14-7-5-4-6-8-14/h4-8,11,17H,3,9-10,12H2,1-2H3. The van der Waals surface area contributed by atoms with Crippen LogP contribution in [0.25, 0.3) is 0 Å². The van der Waals surface area contributed by atoms with Gasteiger partial charge in [-0.05, 0) is 19.4 Å². The van der Waals surface area contributed by atoms with Crippen LogP contribution >= 0.6 is 0 Å². The number of nitrogens with one attached hydrogen (secondary N) is 1. The predicted octanol–water partition coefficient (Wildman–Crippen LogP) is 1.72. The Balaban J connectivity index is 2.05. The van der Waals surface area contributed by atoms with Crippen molar-refractivity contribution in [2.45, 2.75) is 26.8 Å². The molecule has 0 spiro atoms. The number of hydrogen-bond acceptors (Lipinski definition) is 3. The molecule has 0 bridgehead atoms. The molecule has 0 amide bonds. The Bertz CT molecular complexity index is 678. The number of aromatic nitrogens is 2. The van der Waals surface area contributed by atoms with E-state index >= 15 is 0 Å². The van der Waals surface area contributed by atoms with Crippen molar-refractivity contribution in [3.05, 3.63) is 53.6 Å². The van der Waals surface area contributed by atoms with E-state index in [1.807, 2.05) is 31.3 Å². The minimum absolute atomic E-state index is 0.102. The molecule has 1 N–H and O–H groups in total. The lowest BCUT2D eigenvalue weighted by Crippen LogP contribution is -2.28. The monoisotopic (exact) mass is 307 g/mol. The zero-order chi connectivity index (χ0) is 15.3. The molecule has 1 heterocycles. The maximum absolute atomic E-state index is 11.4. The van der Waals surface area contributed by atoms with E-state index < -0.39 is 10.0 Å². The van der Waals surface area contributed by atoms with Gasteiger partial charge in [0.15, 0.2) is 0 Å². The summed E-state index contributed by atoms with van der Waals surface area (Å²) in [6.07, 6.45) is 2.41. The van der Waals surface area contributed by atoms with Crippen molar-refractivity contribution >= 4 is 10.0 Å². The van der Waals surface area contributed by atoms with Gasteiger partial charge in [0.2, 0.25) is 10.0 Å². The Labute approximate surface area is 126 Å². The molecule has 0 saturated carbocycles. The highest BCUT2D eigenvalue weighted by molar-refractivity contribution is 7.89. The molecule has 2 rings (SSSR count). The second kappa shape index (κ2) is 6.87. The Kier molecular flexibility index (Phi) is 5.14. The largest absolute Gasteiger partial charge is 0.328 e. The highest BCUT2D eigenvalue weighted by atomic mass is 32.2. The lowest BCUT2D eigenvalue weighted by Gasteiger charge is -2.11. The summed E-state index contributed by atoms with van der Waals surface area (Å²) in [6.45, 7) is 4.77. The zero-order valence-corrected chi connectivity index (χ0v) is 13.2. The van der Waals surface area contributed by atoms with Gasteiger partial charge in [0.25, 0.3) is 0 Å². The van der Waals surface area contributed by atoms with Gasteiger partial charge < -0.3 is 4.57 Å². The summed E-state index contributed by atoms with van der Waals surface area (Å²) in [5, 5.41) is 0. The van der Waals surface area contributed by atoms with Crippen LogP contribution in [0.1, 0.15) is 24.0 Å². The average molecular weight is 307 g/mol.